The number of rotatable bonds is 7. The number of ether oxygens (including phenoxy) is 1. The molecule has 0 saturated heterocycles. The van der Waals surface area contributed by atoms with Gasteiger partial charge in [0.2, 0.25) is 17.5 Å². The predicted molar refractivity (Wildman–Crippen MR) is 86.5 cm³/mol. The van der Waals surface area contributed by atoms with Gasteiger partial charge in [0.15, 0.2) is 0 Å². The molecule has 22 heavy (non-hydrogen) atoms. The van der Waals surface area contributed by atoms with E-state index < -0.39 is 0 Å². The van der Waals surface area contributed by atoms with Crippen molar-refractivity contribution >= 4 is 18.0 Å². The van der Waals surface area contributed by atoms with Crippen LogP contribution in [0.4, 0.5) is 5.88 Å². The first-order valence-corrected chi connectivity index (χ1v) is 7.23. The summed E-state index contributed by atoms with van der Waals surface area (Å²) in [6.07, 6.45) is 5.69. The molecule has 114 valence electrons. The van der Waals surface area contributed by atoms with E-state index in [0.29, 0.717) is 11.8 Å². The summed E-state index contributed by atoms with van der Waals surface area (Å²) in [4.78, 5) is 4.16. The Morgan fingerprint density at radius 2 is 2.27 bits per heavy atom. The molecule has 5 nitrogen and oxygen atoms in total. The summed E-state index contributed by atoms with van der Waals surface area (Å²) >= 11 is 0. The summed E-state index contributed by atoms with van der Waals surface area (Å²) in [7, 11) is 1.63. The van der Waals surface area contributed by atoms with Crippen LogP contribution in [0.3, 0.4) is 0 Å². The number of hydrogen-bond acceptors (Lipinski definition) is 5. The minimum absolute atomic E-state index is 0.279. The van der Waals surface area contributed by atoms with Crippen LogP contribution in [0.25, 0.3) is 12.2 Å². The molecule has 0 amide bonds. The Bertz CT molecular complexity index is 683. The lowest BCUT2D eigenvalue weighted by Gasteiger charge is -2.00. The maximum absolute atomic E-state index is 9.09. The van der Waals surface area contributed by atoms with E-state index in [4.69, 9.17) is 14.4 Å². The minimum atomic E-state index is 0.279. The number of aromatic nitrogens is 1. The number of benzene rings is 1. The Balaban J connectivity index is 2.12. The second-order valence-corrected chi connectivity index (χ2v) is 4.73. The highest BCUT2D eigenvalue weighted by molar-refractivity contribution is 5.67. The zero-order valence-corrected chi connectivity index (χ0v) is 12.8. The molecule has 1 N–H and O–H groups in total. The van der Waals surface area contributed by atoms with Crippen LogP contribution in [0.2, 0.25) is 0 Å². The van der Waals surface area contributed by atoms with Crippen molar-refractivity contribution in [3.8, 4) is 11.8 Å². The van der Waals surface area contributed by atoms with Crippen molar-refractivity contribution in [1.82, 2.24) is 4.98 Å². The molecule has 2 aromatic rings. The van der Waals surface area contributed by atoms with Crippen molar-refractivity contribution in [3.05, 3.63) is 41.4 Å². The SMILES string of the molecule is CCCCNc1oc(C=Cc2cccc(OC)c2)nc1C#N. The van der Waals surface area contributed by atoms with Crippen molar-refractivity contribution < 1.29 is 9.15 Å². The van der Waals surface area contributed by atoms with Crippen LogP contribution in [-0.2, 0) is 0 Å². The molecule has 5 heteroatoms. The molecule has 2 rings (SSSR count). The molecule has 0 saturated carbocycles. The Labute approximate surface area is 130 Å². The quantitative estimate of drug-likeness (QED) is 0.784. The van der Waals surface area contributed by atoms with E-state index in [-0.39, 0.29) is 5.69 Å². The van der Waals surface area contributed by atoms with E-state index in [0.717, 1.165) is 30.7 Å². The molecule has 1 aromatic heterocycles. The summed E-state index contributed by atoms with van der Waals surface area (Å²) < 4.78 is 10.7. The summed E-state index contributed by atoms with van der Waals surface area (Å²) in [5, 5.41) is 12.2. The first-order valence-electron chi connectivity index (χ1n) is 7.23. The predicted octanol–water partition coefficient (Wildman–Crippen LogP) is 3.94. The van der Waals surface area contributed by atoms with Crippen LogP contribution in [-0.4, -0.2) is 18.6 Å². The molecular formula is C17H19N3O2. The molecule has 0 unspecified atom stereocenters. The lowest BCUT2D eigenvalue weighted by molar-refractivity contribution is 0.414. The first kappa shape index (κ1) is 15.6. The normalized spacial score (nSPS) is 10.6. The van der Waals surface area contributed by atoms with Crippen molar-refractivity contribution in [1.29, 1.82) is 5.26 Å². The van der Waals surface area contributed by atoms with E-state index in [9.17, 15) is 0 Å². The molecule has 0 aliphatic carbocycles. The summed E-state index contributed by atoms with van der Waals surface area (Å²) in [5.74, 6) is 1.62. The second kappa shape index (κ2) is 7.89. The van der Waals surface area contributed by atoms with Gasteiger partial charge in [0.1, 0.15) is 11.8 Å². The van der Waals surface area contributed by atoms with Crippen LogP contribution in [0, 0.1) is 11.3 Å². The Morgan fingerprint density at radius 1 is 1.41 bits per heavy atom. The number of methoxy groups -OCH3 is 1. The van der Waals surface area contributed by atoms with Gasteiger partial charge in [0, 0.05) is 12.6 Å². The largest absolute Gasteiger partial charge is 0.497 e. The van der Waals surface area contributed by atoms with Crippen LogP contribution < -0.4 is 10.1 Å². The average molecular weight is 297 g/mol. The zero-order chi connectivity index (χ0) is 15.8. The topological polar surface area (TPSA) is 71.1 Å². The van der Waals surface area contributed by atoms with E-state index >= 15 is 0 Å². The number of unbranched alkanes of at least 4 members (excludes halogenated alkanes) is 1. The van der Waals surface area contributed by atoms with Crippen LogP contribution in [0.5, 0.6) is 5.75 Å². The third kappa shape index (κ3) is 4.13. The van der Waals surface area contributed by atoms with Gasteiger partial charge in [-0.2, -0.15) is 10.2 Å². The van der Waals surface area contributed by atoms with Gasteiger partial charge in [0.05, 0.1) is 7.11 Å². The maximum atomic E-state index is 9.09. The van der Waals surface area contributed by atoms with Crippen molar-refractivity contribution in [2.45, 2.75) is 19.8 Å². The van der Waals surface area contributed by atoms with E-state index in [1.807, 2.05) is 36.4 Å². The van der Waals surface area contributed by atoms with Crippen molar-refractivity contribution in [2.75, 3.05) is 19.0 Å². The number of nitrogens with one attached hydrogen (secondary N) is 1. The highest BCUT2D eigenvalue weighted by Crippen LogP contribution is 2.19. The fourth-order valence-corrected chi connectivity index (χ4v) is 1.89. The lowest BCUT2D eigenvalue weighted by atomic mass is 10.2. The number of anilines is 1. The zero-order valence-electron chi connectivity index (χ0n) is 12.8. The van der Waals surface area contributed by atoms with Crippen LogP contribution in [0.1, 0.15) is 36.9 Å². The fraction of sp³-hybridized carbons (Fsp3) is 0.294. The fourth-order valence-electron chi connectivity index (χ4n) is 1.89. The molecule has 0 radical (unpaired) electrons. The molecule has 0 spiro atoms. The van der Waals surface area contributed by atoms with Gasteiger partial charge >= 0.3 is 0 Å². The highest BCUT2D eigenvalue weighted by Gasteiger charge is 2.10. The van der Waals surface area contributed by atoms with Crippen molar-refractivity contribution in [2.24, 2.45) is 0 Å². The molecule has 0 aliphatic rings. The van der Waals surface area contributed by atoms with E-state index in [1.54, 1.807) is 13.2 Å². The average Bonchev–Trinajstić information content (AvgIpc) is 2.96. The summed E-state index contributed by atoms with van der Waals surface area (Å²) in [6, 6.07) is 9.69. The maximum Gasteiger partial charge on any atom is 0.232 e. The Morgan fingerprint density at radius 3 is 3.00 bits per heavy atom. The van der Waals surface area contributed by atoms with Gasteiger partial charge in [0.25, 0.3) is 0 Å². The Hall–Kier alpha value is -2.74. The van der Waals surface area contributed by atoms with Crippen LogP contribution in [0.15, 0.2) is 28.7 Å². The third-order valence-electron chi connectivity index (χ3n) is 3.08. The van der Waals surface area contributed by atoms with E-state index in [1.165, 1.54) is 0 Å². The second-order valence-electron chi connectivity index (χ2n) is 4.73. The molecule has 1 aromatic carbocycles. The van der Waals surface area contributed by atoms with Gasteiger partial charge in [-0.15, -0.1) is 0 Å². The standard InChI is InChI=1S/C17H19N3O2/c1-3-4-10-19-17-15(12-18)20-16(22-17)9-8-13-6-5-7-14(11-13)21-2/h5-9,11,19H,3-4,10H2,1-2H3. The monoisotopic (exact) mass is 297 g/mol. The molecular weight excluding hydrogens is 278 g/mol. The van der Waals surface area contributed by atoms with E-state index in [2.05, 4.69) is 17.2 Å². The number of hydrogen-bond donors (Lipinski definition) is 1. The van der Waals surface area contributed by atoms with Gasteiger partial charge in [-0.05, 0) is 30.2 Å². The molecule has 1 heterocycles. The van der Waals surface area contributed by atoms with Crippen molar-refractivity contribution in [3.63, 3.8) is 0 Å². The number of oxazole rings is 1. The summed E-state index contributed by atoms with van der Waals surface area (Å²) in [6.45, 7) is 2.87. The molecule has 0 bridgehead atoms. The smallest absolute Gasteiger partial charge is 0.232 e. The van der Waals surface area contributed by atoms with Gasteiger partial charge in [-0.1, -0.05) is 25.5 Å². The summed E-state index contributed by atoms with van der Waals surface area (Å²) in [5.41, 5.74) is 1.25. The van der Waals surface area contributed by atoms with Crippen LogP contribution >= 0.6 is 0 Å². The number of nitriles is 1. The molecule has 0 fully saturated rings. The number of nitrogens with zero attached hydrogens (tertiary/aromatic N) is 2. The Kier molecular flexibility index (Phi) is 5.61. The van der Waals surface area contributed by atoms with Gasteiger partial charge < -0.3 is 14.5 Å². The molecule has 0 aliphatic heterocycles. The minimum Gasteiger partial charge on any atom is -0.497 e. The lowest BCUT2D eigenvalue weighted by Crippen LogP contribution is -2.00. The van der Waals surface area contributed by atoms with Gasteiger partial charge in [-0.3, -0.25) is 0 Å². The van der Waals surface area contributed by atoms with Gasteiger partial charge in [-0.25, -0.2) is 0 Å². The highest BCUT2D eigenvalue weighted by atomic mass is 16.5. The third-order valence-corrected chi connectivity index (χ3v) is 3.08. The first-order chi connectivity index (χ1) is 10.8. The molecule has 0 atom stereocenters.